The second-order valence-electron chi connectivity index (χ2n) is 6.62. The van der Waals surface area contributed by atoms with Gasteiger partial charge in [0.2, 0.25) is 0 Å². The number of benzene rings is 2. The van der Waals surface area contributed by atoms with Crippen LogP contribution in [-0.4, -0.2) is 39.1 Å². The number of hydrogen-bond donors (Lipinski definition) is 2. The first-order chi connectivity index (χ1) is 15.4. The molecule has 2 aromatic carbocycles. The van der Waals surface area contributed by atoms with Gasteiger partial charge in [0.25, 0.3) is 11.8 Å². The zero-order valence-electron chi connectivity index (χ0n) is 18.0. The van der Waals surface area contributed by atoms with E-state index in [0.717, 1.165) is 11.3 Å². The van der Waals surface area contributed by atoms with Crippen molar-refractivity contribution in [3.05, 3.63) is 70.1 Å². The standard InChI is InChI=1S/C23H22N2O6S/c1-13-18(23(28)31-4)22(25-20(26)14-7-5-9-16(11-14)29-2)32-19(13)21(27)24-15-8-6-10-17(12-15)30-3/h5-12H,1-4H3,(H,24,27)(H,25,26). The van der Waals surface area contributed by atoms with E-state index in [9.17, 15) is 14.4 Å². The molecule has 0 aliphatic rings. The van der Waals surface area contributed by atoms with Gasteiger partial charge < -0.3 is 24.8 Å². The molecule has 32 heavy (non-hydrogen) atoms. The number of anilines is 2. The normalized spacial score (nSPS) is 10.2. The van der Waals surface area contributed by atoms with Crippen LogP contribution in [0.1, 0.15) is 36.0 Å². The summed E-state index contributed by atoms with van der Waals surface area (Å²) in [6.07, 6.45) is 0. The Bertz CT molecular complexity index is 1170. The molecule has 1 aromatic heterocycles. The summed E-state index contributed by atoms with van der Waals surface area (Å²) < 4.78 is 15.2. The van der Waals surface area contributed by atoms with Crippen LogP contribution in [0.4, 0.5) is 10.7 Å². The van der Waals surface area contributed by atoms with Crippen LogP contribution in [-0.2, 0) is 4.74 Å². The molecule has 3 aromatic rings. The van der Waals surface area contributed by atoms with Crippen molar-refractivity contribution in [1.29, 1.82) is 0 Å². The van der Waals surface area contributed by atoms with Gasteiger partial charge in [-0.05, 0) is 42.8 Å². The number of thiophene rings is 1. The maximum atomic E-state index is 12.9. The Hall–Kier alpha value is -3.85. The fourth-order valence-electron chi connectivity index (χ4n) is 2.99. The summed E-state index contributed by atoms with van der Waals surface area (Å²) in [5.41, 5.74) is 1.41. The van der Waals surface area contributed by atoms with Gasteiger partial charge in [-0.3, -0.25) is 9.59 Å². The number of methoxy groups -OCH3 is 3. The van der Waals surface area contributed by atoms with Gasteiger partial charge in [-0.15, -0.1) is 11.3 Å². The fourth-order valence-corrected chi connectivity index (χ4v) is 4.08. The predicted octanol–water partition coefficient (Wildman–Crippen LogP) is 4.36. The van der Waals surface area contributed by atoms with E-state index < -0.39 is 17.8 Å². The monoisotopic (exact) mass is 454 g/mol. The lowest BCUT2D eigenvalue weighted by Gasteiger charge is -2.07. The van der Waals surface area contributed by atoms with Gasteiger partial charge in [0.1, 0.15) is 16.5 Å². The number of carbonyl (C=O) groups is 3. The largest absolute Gasteiger partial charge is 0.497 e. The van der Waals surface area contributed by atoms with E-state index in [1.165, 1.54) is 21.3 Å². The summed E-state index contributed by atoms with van der Waals surface area (Å²) in [5.74, 6) is -0.415. The highest BCUT2D eigenvalue weighted by Gasteiger charge is 2.26. The Kier molecular flexibility index (Phi) is 7.11. The number of amides is 2. The van der Waals surface area contributed by atoms with Crippen molar-refractivity contribution in [2.75, 3.05) is 32.0 Å². The van der Waals surface area contributed by atoms with Crippen molar-refractivity contribution in [2.45, 2.75) is 6.92 Å². The molecule has 8 nitrogen and oxygen atoms in total. The van der Waals surface area contributed by atoms with Gasteiger partial charge in [0.05, 0.1) is 31.8 Å². The third-order valence-corrected chi connectivity index (χ3v) is 5.84. The van der Waals surface area contributed by atoms with Crippen molar-refractivity contribution in [3.63, 3.8) is 0 Å². The smallest absolute Gasteiger partial charge is 0.341 e. The highest BCUT2D eigenvalue weighted by molar-refractivity contribution is 7.19. The second kappa shape index (κ2) is 9.97. The third-order valence-electron chi connectivity index (χ3n) is 4.63. The molecule has 2 N–H and O–H groups in total. The topological polar surface area (TPSA) is 103 Å². The lowest BCUT2D eigenvalue weighted by Crippen LogP contribution is -2.14. The van der Waals surface area contributed by atoms with Crippen LogP contribution >= 0.6 is 11.3 Å². The molecule has 3 rings (SSSR count). The van der Waals surface area contributed by atoms with Crippen LogP contribution in [0.3, 0.4) is 0 Å². The summed E-state index contributed by atoms with van der Waals surface area (Å²) in [6.45, 7) is 1.63. The van der Waals surface area contributed by atoms with E-state index in [2.05, 4.69) is 10.6 Å². The molecule has 9 heteroatoms. The van der Waals surface area contributed by atoms with Gasteiger partial charge in [-0.1, -0.05) is 12.1 Å². The summed E-state index contributed by atoms with van der Waals surface area (Å²) in [6, 6.07) is 13.5. The van der Waals surface area contributed by atoms with Gasteiger partial charge >= 0.3 is 5.97 Å². The van der Waals surface area contributed by atoms with Crippen molar-refractivity contribution in [1.82, 2.24) is 0 Å². The quantitative estimate of drug-likeness (QED) is 0.514. The maximum absolute atomic E-state index is 12.9. The first-order valence-electron chi connectivity index (χ1n) is 9.50. The average molecular weight is 455 g/mol. The van der Waals surface area contributed by atoms with E-state index in [4.69, 9.17) is 14.2 Å². The minimum atomic E-state index is -0.653. The molecule has 1 heterocycles. The summed E-state index contributed by atoms with van der Waals surface area (Å²) >= 11 is 0.993. The lowest BCUT2D eigenvalue weighted by atomic mass is 10.1. The van der Waals surface area contributed by atoms with Crippen LogP contribution < -0.4 is 20.1 Å². The Balaban J connectivity index is 1.92. The summed E-state index contributed by atoms with van der Waals surface area (Å²) in [4.78, 5) is 38.4. The molecule has 0 unspecified atom stereocenters. The molecule has 0 fully saturated rings. The lowest BCUT2D eigenvalue weighted by molar-refractivity contribution is 0.0601. The molecule has 166 valence electrons. The number of rotatable bonds is 7. The van der Waals surface area contributed by atoms with Crippen molar-refractivity contribution >= 4 is 39.8 Å². The Morgan fingerprint density at radius 3 is 2.16 bits per heavy atom. The van der Waals surface area contributed by atoms with Crippen LogP contribution in [0, 0.1) is 6.92 Å². The number of esters is 1. The van der Waals surface area contributed by atoms with Gasteiger partial charge in [0.15, 0.2) is 0 Å². The number of ether oxygens (including phenoxy) is 3. The Morgan fingerprint density at radius 1 is 0.844 bits per heavy atom. The molecule has 0 bridgehead atoms. The second-order valence-corrected chi connectivity index (χ2v) is 7.64. The molecule has 0 aliphatic heterocycles. The molecule has 0 aliphatic carbocycles. The molecule has 2 amide bonds. The van der Waals surface area contributed by atoms with Gasteiger partial charge in [-0.2, -0.15) is 0 Å². The molecule has 0 saturated heterocycles. The van der Waals surface area contributed by atoms with Crippen molar-refractivity contribution in [2.24, 2.45) is 0 Å². The average Bonchev–Trinajstić information content (AvgIpc) is 3.14. The number of hydrogen-bond acceptors (Lipinski definition) is 7. The van der Waals surface area contributed by atoms with Crippen LogP contribution in [0.25, 0.3) is 0 Å². The highest BCUT2D eigenvalue weighted by Crippen LogP contribution is 2.35. The summed E-state index contributed by atoms with van der Waals surface area (Å²) in [5, 5.41) is 5.72. The van der Waals surface area contributed by atoms with Crippen molar-refractivity contribution < 1.29 is 28.6 Å². The minimum Gasteiger partial charge on any atom is -0.497 e. The summed E-state index contributed by atoms with van der Waals surface area (Å²) in [7, 11) is 4.27. The SMILES string of the molecule is COC(=O)c1c(NC(=O)c2cccc(OC)c2)sc(C(=O)Nc2cccc(OC)c2)c1C. The van der Waals surface area contributed by atoms with E-state index in [-0.39, 0.29) is 15.4 Å². The first kappa shape index (κ1) is 22.8. The molecule has 0 saturated carbocycles. The van der Waals surface area contributed by atoms with Gasteiger partial charge in [0, 0.05) is 17.3 Å². The molecule has 0 radical (unpaired) electrons. The van der Waals surface area contributed by atoms with Gasteiger partial charge in [-0.25, -0.2) is 4.79 Å². The third kappa shape index (κ3) is 4.89. The zero-order chi connectivity index (χ0) is 23.3. The van der Waals surface area contributed by atoms with E-state index >= 15 is 0 Å². The number of nitrogens with one attached hydrogen (secondary N) is 2. The molecule has 0 spiro atoms. The molecular weight excluding hydrogens is 432 g/mol. The highest BCUT2D eigenvalue weighted by atomic mass is 32.1. The fraction of sp³-hybridized carbons (Fsp3) is 0.174. The molecular formula is C23H22N2O6S. The van der Waals surface area contributed by atoms with Crippen molar-refractivity contribution in [3.8, 4) is 11.5 Å². The number of carbonyl (C=O) groups excluding carboxylic acids is 3. The van der Waals surface area contributed by atoms with Crippen LogP contribution in [0.2, 0.25) is 0 Å². The minimum absolute atomic E-state index is 0.129. The van der Waals surface area contributed by atoms with Crippen LogP contribution in [0.5, 0.6) is 11.5 Å². The van der Waals surface area contributed by atoms with E-state index in [1.807, 2.05) is 0 Å². The van der Waals surface area contributed by atoms with Crippen LogP contribution in [0.15, 0.2) is 48.5 Å². The predicted molar refractivity (Wildman–Crippen MR) is 122 cm³/mol. The Labute approximate surface area is 189 Å². The Morgan fingerprint density at radius 2 is 1.50 bits per heavy atom. The molecule has 0 atom stereocenters. The zero-order valence-corrected chi connectivity index (χ0v) is 18.8. The van der Waals surface area contributed by atoms with E-state index in [0.29, 0.717) is 28.3 Å². The first-order valence-corrected chi connectivity index (χ1v) is 10.3. The van der Waals surface area contributed by atoms with E-state index in [1.54, 1.807) is 55.5 Å². The maximum Gasteiger partial charge on any atom is 0.341 e.